The van der Waals surface area contributed by atoms with E-state index < -0.39 is 0 Å². The summed E-state index contributed by atoms with van der Waals surface area (Å²) in [5.74, 6) is 0.653. The monoisotopic (exact) mass is 304 g/mol. The topological polar surface area (TPSA) is 32.3 Å². The predicted molar refractivity (Wildman–Crippen MR) is 88.1 cm³/mol. The Bertz CT molecular complexity index is 513. The third-order valence-corrected chi connectivity index (χ3v) is 6.07. The van der Waals surface area contributed by atoms with Crippen molar-refractivity contribution >= 4 is 17.7 Å². The number of nitrogens with one attached hydrogen (secondary N) is 1. The number of amides is 1. The molecule has 1 saturated heterocycles. The van der Waals surface area contributed by atoms with Gasteiger partial charge in [-0.1, -0.05) is 44.2 Å². The first kappa shape index (κ1) is 14.9. The molecule has 3 nitrogen and oxygen atoms in total. The van der Waals surface area contributed by atoms with Gasteiger partial charge in [0.05, 0.1) is 6.17 Å². The fraction of sp³-hybridized carbons (Fsp3) is 0.588. The molecule has 1 heterocycles. The molecule has 1 aromatic rings. The minimum Gasteiger partial charge on any atom is -0.324 e. The van der Waals surface area contributed by atoms with Crippen LogP contribution in [0.25, 0.3) is 0 Å². The van der Waals surface area contributed by atoms with Gasteiger partial charge < -0.3 is 4.90 Å². The summed E-state index contributed by atoms with van der Waals surface area (Å²) in [6.45, 7) is 5.25. The second-order valence-electron chi connectivity index (χ2n) is 6.55. The summed E-state index contributed by atoms with van der Waals surface area (Å²) in [5.41, 5.74) is 1.07. The quantitative estimate of drug-likeness (QED) is 0.907. The van der Waals surface area contributed by atoms with Crippen LogP contribution in [0.3, 0.4) is 0 Å². The normalized spacial score (nSPS) is 27.4. The van der Waals surface area contributed by atoms with Gasteiger partial charge >= 0.3 is 0 Å². The summed E-state index contributed by atoms with van der Waals surface area (Å²) in [7, 11) is 0. The highest BCUT2D eigenvalue weighted by molar-refractivity contribution is 8.00. The van der Waals surface area contributed by atoms with Crippen LogP contribution in [-0.2, 0) is 4.79 Å². The fourth-order valence-corrected chi connectivity index (χ4v) is 3.90. The zero-order valence-corrected chi connectivity index (χ0v) is 13.8. The highest BCUT2D eigenvalue weighted by Gasteiger charge is 2.49. The van der Waals surface area contributed by atoms with Gasteiger partial charge in [0.2, 0.25) is 5.91 Å². The fourth-order valence-electron chi connectivity index (χ4n) is 3.12. The predicted octanol–water partition coefficient (Wildman–Crippen LogP) is 3.04. The maximum atomic E-state index is 12.9. The van der Waals surface area contributed by atoms with Gasteiger partial charge in [-0.05, 0) is 30.6 Å². The number of thioether (sulfide) groups is 1. The smallest absolute Gasteiger partial charge is 0.245 e. The van der Waals surface area contributed by atoms with E-state index in [1.807, 2.05) is 42.1 Å². The third kappa shape index (κ3) is 2.84. The summed E-state index contributed by atoms with van der Waals surface area (Å²) >= 11 is 1.92. The molecule has 4 heteroatoms. The van der Waals surface area contributed by atoms with Gasteiger partial charge in [-0.2, -0.15) is 11.8 Å². The molecule has 0 radical (unpaired) electrons. The van der Waals surface area contributed by atoms with Gasteiger partial charge in [0, 0.05) is 11.3 Å². The van der Waals surface area contributed by atoms with E-state index in [2.05, 4.69) is 30.3 Å². The number of carbonyl (C=O) groups excluding carboxylic acids is 1. The number of hydrogen-bond donors (Lipinski definition) is 1. The third-order valence-electron chi connectivity index (χ3n) is 4.67. The maximum Gasteiger partial charge on any atom is 0.245 e. The zero-order valence-electron chi connectivity index (χ0n) is 13.0. The van der Waals surface area contributed by atoms with Crippen LogP contribution in [-0.4, -0.2) is 34.5 Å². The van der Waals surface area contributed by atoms with Crippen LogP contribution in [0.5, 0.6) is 0 Å². The van der Waals surface area contributed by atoms with E-state index in [1.54, 1.807) is 0 Å². The van der Waals surface area contributed by atoms with Crippen LogP contribution >= 0.6 is 11.8 Å². The zero-order chi connectivity index (χ0) is 15.0. The molecule has 1 amide bonds. The summed E-state index contributed by atoms with van der Waals surface area (Å²) < 4.78 is 0.316. The molecule has 1 aliphatic heterocycles. The van der Waals surface area contributed by atoms with Crippen molar-refractivity contribution < 1.29 is 4.79 Å². The lowest BCUT2D eigenvalue weighted by molar-refractivity contribution is -0.130. The average Bonchev–Trinajstić information content (AvgIpc) is 3.19. The lowest BCUT2D eigenvalue weighted by Crippen LogP contribution is -2.44. The Morgan fingerprint density at radius 2 is 2.00 bits per heavy atom. The van der Waals surface area contributed by atoms with E-state index >= 15 is 0 Å². The molecule has 1 aliphatic carbocycles. The Morgan fingerprint density at radius 3 is 2.52 bits per heavy atom. The molecule has 2 atom stereocenters. The Morgan fingerprint density at radius 1 is 1.33 bits per heavy atom. The molecule has 1 aromatic carbocycles. The van der Waals surface area contributed by atoms with Crippen molar-refractivity contribution in [3.8, 4) is 0 Å². The van der Waals surface area contributed by atoms with Gasteiger partial charge in [0.15, 0.2) is 0 Å². The summed E-state index contributed by atoms with van der Waals surface area (Å²) in [6.07, 6.45) is 4.78. The highest BCUT2D eigenvalue weighted by Crippen LogP contribution is 2.48. The van der Waals surface area contributed by atoms with Crippen molar-refractivity contribution in [2.24, 2.45) is 5.92 Å². The number of rotatable bonds is 5. The Hall–Kier alpha value is -1.00. The lowest BCUT2D eigenvalue weighted by atomic mass is 10.1. The molecular weight excluding hydrogens is 280 g/mol. The van der Waals surface area contributed by atoms with Crippen molar-refractivity contribution in [3.05, 3.63) is 35.9 Å². The highest BCUT2D eigenvalue weighted by atomic mass is 32.2. The second kappa shape index (κ2) is 5.65. The molecule has 114 valence electrons. The molecular formula is C17H24N2OS. The molecule has 0 spiro atoms. The van der Waals surface area contributed by atoms with Crippen molar-refractivity contribution in [3.63, 3.8) is 0 Å². The molecule has 1 N–H and O–H groups in total. The Balaban J connectivity index is 1.82. The van der Waals surface area contributed by atoms with Crippen LogP contribution in [0.15, 0.2) is 30.3 Å². The molecule has 3 rings (SSSR count). The van der Waals surface area contributed by atoms with Crippen LogP contribution in [0.2, 0.25) is 0 Å². The van der Waals surface area contributed by atoms with Crippen LogP contribution < -0.4 is 5.32 Å². The maximum absolute atomic E-state index is 12.9. The Labute approximate surface area is 131 Å². The lowest BCUT2D eigenvalue weighted by Gasteiger charge is -2.30. The second-order valence-corrected chi connectivity index (χ2v) is 7.83. The van der Waals surface area contributed by atoms with Crippen molar-refractivity contribution in [2.75, 3.05) is 12.8 Å². The largest absolute Gasteiger partial charge is 0.324 e. The summed E-state index contributed by atoms with van der Waals surface area (Å²) in [6, 6.07) is 9.89. The van der Waals surface area contributed by atoms with Crippen molar-refractivity contribution in [2.45, 2.75) is 43.6 Å². The summed E-state index contributed by atoms with van der Waals surface area (Å²) in [5, 5.41) is 3.55. The van der Waals surface area contributed by atoms with E-state index in [0.717, 1.165) is 12.1 Å². The van der Waals surface area contributed by atoms with E-state index in [9.17, 15) is 4.79 Å². The number of carbonyl (C=O) groups is 1. The standard InChI is InChI=1S/C17H24N2OS/c1-12(2)15-18-14(13-7-5-4-6-8-13)16(20)19(15)11-17(21-3)9-10-17/h4-8,12,14-15,18H,9-11H2,1-3H3. The van der Waals surface area contributed by atoms with Gasteiger partial charge in [0.1, 0.15) is 6.04 Å². The van der Waals surface area contributed by atoms with Gasteiger partial charge in [-0.3, -0.25) is 10.1 Å². The minimum atomic E-state index is -0.184. The molecule has 2 unspecified atom stereocenters. The molecule has 0 aromatic heterocycles. The van der Waals surface area contributed by atoms with E-state index in [1.165, 1.54) is 12.8 Å². The molecule has 0 bridgehead atoms. The van der Waals surface area contributed by atoms with E-state index in [-0.39, 0.29) is 18.1 Å². The first-order chi connectivity index (χ1) is 10.1. The molecule has 2 aliphatic rings. The van der Waals surface area contributed by atoms with Gasteiger partial charge in [0.25, 0.3) is 0 Å². The first-order valence-electron chi connectivity index (χ1n) is 7.73. The van der Waals surface area contributed by atoms with Crippen LogP contribution in [0.1, 0.15) is 38.3 Å². The van der Waals surface area contributed by atoms with Crippen LogP contribution in [0, 0.1) is 5.92 Å². The van der Waals surface area contributed by atoms with Gasteiger partial charge in [-0.25, -0.2) is 0 Å². The van der Waals surface area contributed by atoms with Crippen molar-refractivity contribution in [1.82, 2.24) is 10.2 Å². The molecule has 21 heavy (non-hydrogen) atoms. The SMILES string of the molecule is CSC1(CN2C(=O)C(c3ccccc3)NC2C(C)C)CC1. The van der Waals surface area contributed by atoms with Crippen molar-refractivity contribution in [1.29, 1.82) is 0 Å². The Kier molecular flexibility index (Phi) is 4.02. The number of nitrogens with zero attached hydrogens (tertiary/aromatic N) is 1. The van der Waals surface area contributed by atoms with Crippen LogP contribution in [0.4, 0.5) is 0 Å². The average molecular weight is 304 g/mol. The van der Waals surface area contributed by atoms with E-state index in [4.69, 9.17) is 0 Å². The number of hydrogen-bond acceptors (Lipinski definition) is 3. The van der Waals surface area contributed by atoms with Gasteiger partial charge in [-0.15, -0.1) is 0 Å². The summed E-state index contributed by atoms with van der Waals surface area (Å²) in [4.78, 5) is 15.0. The van der Waals surface area contributed by atoms with E-state index in [0.29, 0.717) is 10.7 Å². The minimum absolute atomic E-state index is 0.146. The molecule has 1 saturated carbocycles. The number of benzene rings is 1. The first-order valence-corrected chi connectivity index (χ1v) is 8.95. The molecule has 2 fully saturated rings.